The normalized spacial score (nSPS) is 21.6. The lowest BCUT2D eigenvalue weighted by molar-refractivity contribution is -0.0146. The maximum absolute atomic E-state index is 10.5. The van der Waals surface area contributed by atoms with Crippen LogP contribution in [0, 0.1) is 12.3 Å². The molecule has 0 aromatic carbocycles. The molecule has 4 nitrogen and oxygen atoms in total. The standard InChI is InChI=1S/C14H23N3O/c1-11-8-15-12(16-9-11)17-10-14(18)6-4-13(2,3)5-7-14/h8-9,18H,4-7,10H2,1-3H3,(H,15,16,17). The van der Waals surface area contributed by atoms with E-state index in [1.54, 1.807) is 12.4 Å². The molecule has 100 valence electrons. The molecule has 1 fully saturated rings. The fourth-order valence-corrected chi connectivity index (χ4v) is 2.30. The van der Waals surface area contributed by atoms with Crippen molar-refractivity contribution in [3.63, 3.8) is 0 Å². The number of aromatic nitrogens is 2. The van der Waals surface area contributed by atoms with Crippen LogP contribution in [-0.4, -0.2) is 27.2 Å². The Morgan fingerprint density at radius 3 is 2.28 bits per heavy atom. The molecule has 4 heteroatoms. The van der Waals surface area contributed by atoms with E-state index in [1.165, 1.54) is 0 Å². The lowest BCUT2D eigenvalue weighted by atomic mass is 9.71. The fraction of sp³-hybridized carbons (Fsp3) is 0.714. The number of aliphatic hydroxyl groups is 1. The van der Waals surface area contributed by atoms with E-state index in [1.807, 2.05) is 6.92 Å². The Morgan fingerprint density at radius 1 is 1.17 bits per heavy atom. The monoisotopic (exact) mass is 249 g/mol. The summed E-state index contributed by atoms with van der Waals surface area (Å²) in [4.78, 5) is 8.38. The van der Waals surface area contributed by atoms with Crippen LogP contribution in [0.1, 0.15) is 45.1 Å². The first-order chi connectivity index (χ1) is 8.39. The summed E-state index contributed by atoms with van der Waals surface area (Å²) in [6.45, 7) is 7.03. The Balaban J connectivity index is 1.88. The molecule has 1 heterocycles. The van der Waals surface area contributed by atoms with E-state index in [2.05, 4.69) is 29.1 Å². The molecule has 0 aliphatic heterocycles. The summed E-state index contributed by atoms with van der Waals surface area (Å²) in [6, 6.07) is 0. The zero-order chi connectivity index (χ0) is 13.2. The Labute approximate surface area is 109 Å². The summed E-state index contributed by atoms with van der Waals surface area (Å²) in [5.74, 6) is 0.596. The topological polar surface area (TPSA) is 58.0 Å². The average Bonchev–Trinajstić information content (AvgIpc) is 2.33. The van der Waals surface area contributed by atoms with Crippen LogP contribution in [0.5, 0.6) is 0 Å². The van der Waals surface area contributed by atoms with Crippen molar-refractivity contribution in [3.05, 3.63) is 18.0 Å². The van der Waals surface area contributed by atoms with Crippen molar-refractivity contribution in [2.75, 3.05) is 11.9 Å². The second kappa shape index (κ2) is 4.84. The molecule has 1 aromatic heterocycles. The highest BCUT2D eigenvalue weighted by atomic mass is 16.3. The van der Waals surface area contributed by atoms with Gasteiger partial charge in [-0.1, -0.05) is 13.8 Å². The van der Waals surface area contributed by atoms with E-state index in [9.17, 15) is 5.11 Å². The van der Waals surface area contributed by atoms with Crippen molar-refractivity contribution in [1.29, 1.82) is 0 Å². The zero-order valence-corrected chi connectivity index (χ0v) is 11.5. The third kappa shape index (κ3) is 3.42. The Morgan fingerprint density at radius 2 is 1.72 bits per heavy atom. The van der Waals surface area contributed by atoms with E-state index in [0.29, 0.717) is 17.9 Å². The van der Waals surface area contributed by atoms with Crippen LogP contribution in [-0.2, 0) is 0 Å². The first kappa shape index (κ1) is 13.3. The summed E-state index contributed by atoms with van der Waals surface area (Å²) in [7, 11) is 0. The minimum atomic E-state index is -0.607. The lowest BCUT2D eigenvalue weighted by Crippen LogP contribution is -2.42. The third-order valence-corrected chi connectivity index (χ3v) is 3.89. The maximum atomic E-state index is 10.5. The molecule has 2 rings (SSSR count). The lowest BCUT2D eigenvalue weighted by Gasteiger charge is -2.40. The van der Waals surface area contributed by atoms with Crippen molar-refractivity contribution in [2.45, 2.75) is 52.1 Å². The van der Waals surface area contributed by atoms with E-state index in [4.69, 9.17) is 0 Å². The van der Waals surface area contributed by atoms with Gasteiger partial charge in [0.25, 0.3) is 0 Å². The molecule has 0 spiro atoms. The first-order valence-corrected chi connectivity index (χ1v) is 6.64. The van der Waals surface area contributed by atoms with Crippen LogP contribution in [0.3, 0.4) is 0 Å². The Kier molecular flexibility index (Phi) is 3.57. The zero-order valence-electron chi connectivity index (χ0n) is 11.5. The second-order valence-corrected chi connectivity index (χ2v) is 6.33. The van der Waals surface area contributed by atoms with E-state index >= 15 is 0 Å². The average molecular weight is 249 g/mol. The van der Waals surface area contributed by atoms with E-state index < -0.39 is 5.60 Å². The predicted molar refractivity (Wildman–Crippen MR) is 72.5 cm³/mol. The minimum absolute atomic E-state index is 0.368. The van der Waals surface area contributed by atoms with Gasteiger partial charge in [0.1, 0.15) is 0 Å². The van der Waals surface area contributed by atoms with Crippen molar-refractivity contribution in [1.82, 2.24) is 9.97 Å². The SMILES string of the molecule is Cc1cnc(NCC2(O)CCC(C)(C)CC2)nc1. The van der Waals surface area contributed by atoms with Crippen molar-refractivity contribution >= 4 is 5.95 Å². The molecular weight excluding hydrogens is 226 g/mol. The molecule has 1 aliphatic rings. The Bertz CT molecular complexity index is 390. The third-order valence-electron chi connectivity index (χ3n) is 3.89. The number of nitrogens with one attached hydrogen (secondary N) is 1. The maximum Gasteiger partial charge on any atom is 0.222 e. The molecule has 2 N–H and O–H groups in total. The molecule has 0 amide bonds. The molecule has 18 heavy (non-hydrogen) atoms. The van der Waals surface area contributed by atoms with Crippen molar-refractivity contribution < 1.29 is 5.11 Å². The number of anilines is 1. The molecular formula is C14H23N3O. The highest BCUT2D eigenvalue weighted by molar-refractivity contribution is 5.25. The smallest absolute Gasteiger partial charge is 0.222 e. The van der Waals surface area contributed by atoms with Crippen LogP contribution in [0.4, 0.5) is 5.95 Å². The quantitative estimate of drug-likeness (QED) is 0.864. The molecule has 0 radical (unpaired) electrons. The van der Waals surface area contributed by atoms with Gasteiger partial charge in [0.05, 0.1) is 5.60 Å². The molecule has 0 atom stereocenters. The number of hydrogen-bond acceptors (Lipinski definition) is 4. The number of aryl methyl sites for hydroxylation is 1. The Hall–Kier alpha value is -1.16. The fourth-order valence-electron chi connectivity index (χ4n) is 2.30. The van der Waals surface area contributed by atoms with Gasteiger partial charge in [-0.25, -0.2) is 9.97 Å². The van der Waals surface area contributed by atoms with Crippen LogP contribution >= 0.6 is 0 Å². The second-order valence-electron chi connectivity index (χ2n) is 6.33. The molecule has 1 saturated carbocycles. The summed E-state index contributed by atoms with van der Waals surface area (Å²) >= 11 is 0. The summed E-state index contributed by atoms with van der Waals surface area (Å²) < 4.78 is 0. The predicted octanol–water partition coefficient (Wildman–Crippen LogP) is 2.53. The van der Waals surface area contributed by atoms with Gasteiger partial charge >= 0.3 is 0 Å². The summed E-state index contributed by atoms with van der Waals surface area (Å²) in [5.41, 5.74) is 0.801. The first-order valence-electron chi connectivity index (χ1n) is 6.64. The van der Waals surface area contributed by atoms with E-state index in [-0.39, 0.29) is 0 Å². The van der Waals surface area contributed by atoms with Gasteiger partial charge in [0, 0.05) is 18.9 Å². The van der Waals surface area contributed by atoms with Crippen LogP contribution in [0.2, 0.25) is 0 Å². The van der Waals surface area contributed by atoms with Gasteiger partial charge in [-0.05, 0) is 43.6 Å². The molecule has 0 saturated heterocycles. The van der Waals surface area contributed by atoms with Gasteiger partial charge in [0.2, 0.25) is 5.95 Å². The van der Waals surface area contributed by atoms with Gasteiger partial charge in [-0.2, -0.15) is 0 Å². The van der Waals surface area contributed by atoms with Gasteiger partial charge < -0.3 is 10.4 Å². The minimum Gasteiger partial charge on any atom is -0.388 e. The molecule has 0 unspecified atom stereocenters. The van der Waals surface area contributed by atoms with Crippen molar-refractivity contribution in [2.24, 2.45) is 5.41 Å². The highest BCUT2D eigenvalue weighted by Crippen LogP contribution is 2.40. The van der Waals surface area contributed by atoms with Gasteiger partial charge in [0.15, 0.2) is 0 Å². The van der Waals surface area contributed by atoms with E-state index in [0.717, 1.165) is 31.2 Å². The largest absolute Gasteiger partial charge is 0.388 e. The van der Waals surface area contributed by atoms with Crippen LogP contribution in [0.25, 0.3) is 0 Å². The van der Waals surface area contributed by atoms with Crippen LogP contribution in [0.15, 0.2) is 12.4 Å². The number of rotatable bonds is 3. The van der Waals surface area contributed by atoms with Crippen molar-refractivity contribution in [3.8, 4) is 0 Å². The molecule has 1 aliphatic carbocycles. The number of nitrogens with zero attached hydrogens (tertiary/aromatic N) is 2. The molecule has 0 bridgehead atoms. The van der Waals surface area contributed by atoms with Crippen LogP contribution < -0.4 is 5.32 Å². The molecule has 1 aromatic rings. The summed E-state index contributed by atoms with van der Waals surface area (Å²) in [5, 5.41) is 13.6. The van der Waals surface area contributed by atoms with Gasteiger partial charge in [-0.3, -0.25) is 0 Å². The summed E-state index contributed by atoms with van der Waals surface area (Å²) in [6.07, 6.45) is 7.39. The number of hydrogen-bond donors (Lipinski definition) is 2. The van der Waals surface area contributed by atoms with Gasteiger partial charge in [-0.15, -0.1) is 0 Å². The highest BCUT2D eigenvalue weighted by Gasteiger charge is 2.36.